The van der Waals surface area contributed by atoms with Crippen molar-refractivity contribution in [3.05, 3.63) is 0 Å². The molecule has 4 heavy (non-hydrogen) atoms. The van der Waals surface area contributed by atoms with Crippen LogP contribution in [0.3, 0.4) is 0 Å². The van der Waals surface area contributed by atoms with Gasteiger partial charge < -0.3 is 0 Å². The molecule has 0 amide bonds. The Balaban J connectivity index is -0.00000000500. The molecule has 0 rings (SSSR count). The molecule has 0 aliphatic carbocycles. The molecule has 0 aromatic heterocycles. The van der Waals surface area contributed by atoms with E-state index in [1.807, 2.05) is 0 Å². The number of hydrogen-bond acceptors (Lipinski definition) is 1. The van der Waals surface area contributed by atoms with E-state index < -0.39 is 0 Å². The Morgan fingerprint density at radius 3 is 1.25 bits per heavy atom. The summed E-state index contributed by atoms with van der Waals surface area (Å²) in [5.74, 6) is 0. The fourth-order valence-corrected chi connectivity index (χ4v) is 0. The summed E-state index contributed by atoms with van der Waals surface area (Å²) >= 11 is 0.333. The summed E-state index contributed by atoms with van der Waals surface area (Å²) in [5.41, 5.74) is 0. The summed E-state index contributed by atoms with van der Waals surface area (Å²) in [7, 11) is 0. The van der Waals surface area contributed by atoms with Crippen molar-refractivity contribution in [1.29, 1.82) is 0 Å². The predicted octanol–water partition coefficient (Wildman–Crippen LogP) is -1.69. The van der Waals surface area contributed by atoms with Gasteiger partial charge in [-0.05, 0) is 0 Å². The van der Waals surface area contributed by atoms with Gasteiger partial charge in [0.1, 0.15) is 0 Å². The Bertz CT molecular complexity index is 8.00. The van der Waals surface area contributed by atoms with Crippen LogP contribution in [-0.4, -0.2) is 41.9 Å². The van der Waals surface area contributed by atoms with E-state index in [9.17, 15) is 0 Å². The molecule has 18 valence electrons. The molecule has 0 saturated heterocycles. The maximum absolute atomic E-state index is 8.33. The molecule has 0 aliphatic heterocycles. The van der Waals surface area contributed by atoms with Crippen LogP contribution < -0.4 is 0 Å². The molecule has 0 spiro atoms. The number of rotatable bonds is 0. The van der Waals surface area contributed by atoms with Crippen molar-refractivity contribution in [3.63, 3.8) is 0 Å². The third-order valence-electron chi connectivity index (χ3n) is 0. The first-order valence-electron chi connectivity index (χ1n) is 0.167. The first-order valence-corrected chi connectivity index (χ1v) is 1.36. The summed E-state index contributed by atoms with van der Waals surface area (Å²) in [6.07, 6.45) is 0. The van der Waals surface area contributed by atoms with E-state index in [2.05, 4.69) is 0 Å². The summed E-state index contributed by atoms with van der Waals surface area (Å²) in [5, 5.41) is 0. The minimum atomic E-state index is 0. The van der Waals surface area contributed by atoms with Gasteiger partial charge in [-0.3, -0.25) is 0 Å². The molecule has 0 N–H and O–H groups in total. The molecule has 0 bridgehead atoms. The zero-order valence-corrected chi connectivity index (χ0v) is 3.75. The van der Waals surface area contributed by atoms with Crippen LogP contribution in [0.4, 0.5) is 0 Å². The molecule has 0 aromatic rings. The van der Waals surface area contributed by atoms with Crippen LogP contribution in [0.1, 0.15) is 0 Å². The van der Waals surface area contributed by atoms with Crippen LogP contribution >= 0.6 is 0 Å². The third-order valence-corrected chi connectivity index (χ3v) is 0. The molecular weight excluding hydrogens is 231 g/mol. The van der Waals surface area contributed by atoms with Gasteiger partial charge in [0, 0.05) is 0 Å². The Morgan fingerprint density at radius 2 is 1.25 bits per heavy atom. The maximum atomic E-state index is 8.33. The van der Waals surface area contributed by atoms with Gasteiger partial charge in [-0.15, -0.1) is 0 Å². The van der Waals surface area contributed by atoms with E-state index in [1.165, 1.54) is 0 Å². The molecule has 0 saturated carbocycles. The average molecular weight is 234 g/mol. The van der Waals surface area contributed by atoms with Crippen molar-refractivity contribution in [1.82, 2.24) is 0 Å². The fraction of sp³-hybridized carbons (Fsp3) is 0. The van der Waals surface area contributed by atoms with Crippen LogP contribution in [0, 0.1) is 0 Å². The van der Waals surface area contributed by atoms with Gasteiger partial charge >= 0.3 is 65.1 Å². The Labute approximate surface area is 64.4 Å². The van der Waals surface area contributed by atoms with Crippen molar-refractivity contribution >= 4 is 41.9 Å². The Hall–Kier alpha value is 1.85. The zero-order valence-electron chi connectivity index (χ0n) is 0.816. The molecule has 1 nitrogen and oxygen atoms in total. The van der Waals surface area contributed by atoms with Gasteiger partial charge in [-0.2, -0.15) is 0 Å². The zero-order chi connectivity index (χ0) is 2.00. The summed E-state index contributed by atoms with van der Waals surface area (Å²) in [4.78, 5) is 0. The van der Waals surface area contributed by atoms with E-state index in [4.69, 9.17) is 3.40 Å². The summed E-state index contributed by atoms with van der Waals surface area (Å²) < 4.78 is 8.33. The normalized spacial score (nSPS) is 1.00. The van der Waals surface area contributed by atoms with E-state index in [1.54, 1.807) is 0 Å². The van der Waals surface area contributed by atoms with Crippen LogP contribution in [0.15, 0.2) is 0 Å². The van der Waals surface area contributed by atoms with Crippen molar-refractivity contribution < 1.29 is 23.2 Å². The van der Waals surface area contributed by atoms with Crippen molar-refractivity contribution in [2.45, 2.75) is 0 Å². The van der Waals surface area contributed by atoms with Crippen molar-refractivity contribution in [2.75, 3.05) is 0 Å². The monoisotopic (exact) mass is 234 g/mol. The van der Waals surface area contributed by atoms with Gasteiger partial charge in [-0.25, -0.2) is 0 Å². The molecule has 0 aliphatic rings. The second-order valence-corrected chi connectivity index (χ2v) is 0. The third kappa shape index (κ3) is 9.13. The van der Waals surface area contributed by atoms with Gasteiger partial charge in [0.15, 0.2) is 0 Å². The summed E-state index contributed by atoms with van der Waals surface area (Å²) in [6.45, 7) is 0. The van der Waals surface area contributed by atoms with Gasteiger partial charge in [0.05, 0.1) is 0 Å². The Morgan fingerprint density at radius 1 is 1.25 bits per heavy atom. The molecule has 0 atom stereocenters. The van der Waals surface area contributed by atoms with Crippen LogP contribution in [0.25, 0.3) is 0 Å². The first kappa shape index (κ1) is 16.9. The molecule has 0 aromatic carbocycles. The van der Waals surface area contributed by atoms with E-state index >= 15 is 0 Å². The molecular formula is H3LiMgOW. The van der Waals surface area contributed by atoms with Crippen LogP contribution in [0.5, 0.6) is 0 Å². The van der Waals surface area contributed by atoms with E-state index in [0.717, 1.165) is 0 Å². The van der Waals surface area contributed by atoms with E-state index in [0.29, 0.717) is 19.8 Å². The summed E-state index contributed by atoms with van der Waals surface area (Å²) in [6, 6.07) is 0. The van der Waals surface area contributed by atoms with Crippen molar-refractivity contribution in [3.8, 4) is 0 Å². The Kier molecular flexibility index (Phi) is 88.9. The molecule has 0 heterocycles. The molecule has 0 unspecified atom stereocenters. The molecule has 0 fully saturated rings. The number of hydrogen-bond donors (Lipinski definition) is 0. The SMILES string of the molecule is [LiH].[MgH2].[O]=[W]. The second kappa shape index (κ2) is 21.0. The van der Waals surface area contributed by atoms with Crippen LogP contribution in [-0.2, 0) is 23.2 Å². The fourth-order valence-electron chi connectivity index (χ4n) is 0. The van der Waals surface area contributed by atoms with Gasteiger partial charge in [-0.1, -0.05) is 0 Å². The molecule has 0 radical (unpaired) electrons. The quantitative estimate of drug-likeness (QED) is 0.457. The van der Waals surface area contributed by atoms with Crippen molar-refractivity contribution in [2.24, 2.45) is 0 Å². The topological polar surface area (TPSA) is 17.1 Å². The first-order chi connectivity index (χ1) is 1.00. The standard InChI is InChI=1S/Li.Mg.O.W.3H. The van der Waals surface area contributed by atoms with Crippen LogP contribution in [0.2, 0.25) is 0 Å². The predicted molar refractivity (Wildman–Crippen MR) is 16.4 cm³/mol. The van der Waals surface area contributed by atoms with E-state index in [-0.39, 0.29) is 41.9 Å². The minimum absolute atomic E-state index is 0. The van der Waals surface area contributed by atoms with Gasteiger partial charge in [0.2, 0.25) is 0 Å². The average Bonchev–Trinajstić information content (AvgIpc) is 1.00. The second-order valence-electron chi connectivity index (χ2n) is 0. The molecule has 4 heteroatoms. The van der Waals surface area contributed by atoms with Gasteiger partial charge in [0.25, 0.3) is 0 Å².